The first kappa shape index (κ1) is 33.6. The van der Waals surface area contributed by atoms with E-state index in [2.05, 4.69) is 22.4 Å². The summed E-state index contributed by atoms with van der Waals surface area (Å²) in [6.45, 7) is 14.2. The van der Waals surface area contributed by atoms with Gasteiger partial charge in [-0.1, -0.05) is 46.8 Å². The monoisotopic (exact) mass is 585 g/mol. The zero-order valence-electron chi connectivity index (χ0n) is 26.4. The first-order valence-electron chi connectivity index (χ1n) is 15.5. The van der Waals surface area contributed by atoms with E-state index in [-0.39, 0.29) is 43.4 Å². The molecule has 42 heavy (non-hydrogen) atoms. The molecule has 4 unspecified atom stereocenters. The van der Waals surface area contributed by atoms with E-state index in [1.54, 1.807) is 6.20 Å². The van der Waals surface area contributed by atoms with E-state index in [1.165, 1.54) is 4.90 Å². The van der Waals surface area contributed by atoms with Crippen LogP contribution < -0.4 is 10.1 Å². The van der Waals surface area contributed by atoms with Crippen molar-refractivity contribution >= 4 is 11.8 Å². The summed E-state index contributed by atoms with van der Waals surface area (Å²) in [5, 5.41) is 28.1. The lowest BCUT2D eigenvalue weighted by atomic mass is 9.96. The van der Waals surface area contributed by atoms with E-state index < -0.39 is 24.1 Å². The quantitative estimate of drug-likeness (QED) is 0.391. The van der Waals surface area contributed by atoms with Crippen LogP contribution in [-0.2, 0) is 16.1 Å². The van der Waals surface area contributed by atoms with Crippen molar-refractivity contribution in [2.45, 2.75) is 91.6 Å². The number of ether oxygens (including phenoxy) is 1. The van der Waals surface area contributed by atoms with Crippen molar-refractivity contribution in [3.8, 4) is 17.0 Å². The number of aliphatic hydroxyl groups excluding tert-OH is 2. The van der Waals surface area contributed by atoms with Gasteiger partial charge in [-0.25, -0.2) is 0 Å². The molecular formula is C32H51N5O5. The van der Waals surface area contributed by atoms with Gasteiger partial charge in [-0.15, -0.1) is 0 Å². The SMILES string of the molecule is CC.CCn1nccc1-c1ccc(C(CO)NC(=O)C2CC(O)CN2C(=O)C(C)C(C)C)c(OC2CCN(C)CC2)c1. The fourth-order valence-electron chi connectivity index (χ4n) is 5.54. The maximum atomic E-state index is 13.5. The number of amides is 2. The van der Waals surface area contributed by atoms with Crippen molar-refractivity contribution in [2.24, 2.45) is 11.8 Å². The minimum Gasteiger partial charge on any atom is -0.490 e. The Labute approximate surface area is 251 Å². The lowest BCUT2D eigenvalue weighted by Crippen LogP contribution is -2.49. The van der Waals surface area contributed by atoms with Crippen LogP contribution in [-0.4, -0.2) is 93.1 Å². The second-order valence-corrected chi connectivity index (χ2v) is 11.6. The van der Waals surface area contributed by atoms with Crippen molar-refractivity contribution in [2.75, 3.05) is 33.3 Å². The van der Waals surface area contributed by atoms with Crippen molar-refractivity contribution in [3.05, 3.63) is 36.0 Å². The lowest BCUT2D eigenvalue weighted by Gasteiger charge is -2.32. The van der Waals surface area contributed by atoms with Crippen molar-refractivity contribution in [1.29, 1.82) is 0 Å². The largest absolute Gasteiger partial charge is 0.490 e. The Morgan fingerprint density at radius 3 is 2.45 bits per heavy atom. The molecule has 1 aromatic carbocycles. The predicted octanol–water partition coefficient (Wildman–Crippen LogP) is 3.47. The average Bonchev–Trinajstić information content (AvgIpc) is 3.64. The molecular weight excluding hydrogens is 534 g/mol. The summed E-state index contributed by atoms with van der Waals surface area (Å²) in [5.74, 6) is -0.0781. The molecule has 4 rings (SSSR count). The molecule has 0 bridgehead atoms. The zero-order chi connectivity index (χ0) is 31.0. The molecule has 2 fully saturated rings. The Hall–Kier alpha value is -2.95. The minimum atomic E-state index is -0.797. The number of likely N-dealkylation sites (tertiary alicyclic amines) is 2. The number of aromatic nitrogens is 2. The number of hydrogen-bond donors (Lipinski definition) is 3. The van der Waals surface area contributed by atoms with Gasteiger partial charge in [0.2, 0.25) is 11.8 Å². The first-order chi connectivity index (χ1) is 20.1. The maximum absolute atomic E-state index is 13.5. The van der Waals surface area contributed by atoms with E-state index in [0.717, 1.165) is 43.7 Å². The fourth-order valence-corrected chi connectivity index (χ4v) is 5.54. The molecule has 4 atom stereocenters. The van der Waals surface area contributed by atoms with E-state index >= 15 is 0 Å². The molecule has 3 N–H and O–H groups in total. The number of carbonyl (C=O) groups excluding carboxylic acids is 2. The highest BCUT2D eigenvalue weighted by Crippen LogP contribution is 2.34. The van der Waals surface area contributed by atoms with Crippen LogP contribution >= 0.6 is 0 Å². The number of rotatable bonds is 10. The third-order valence-electron chi connectivity index (χ3n) is 8.41. The molecule has 2 saturated heterocycles. The van der Waals surface area contributed by atoms with Crippen molar-refractivity contribution in [1.82, 2.24) is 24.9 Å². The van der Waals surface area contributed by atoms with Gasteiger partial charge in [0.1, 0.15) is 17.9 Å². The zero-order valence-corrected chi connectivity index (χ0v) is 26.4. The second-order valence-electron chi connectivity index (χ2n) is 11.6. The molecule has 0 spiro atoms. The molecule has 2 amide bonds. The Kier molecular flexibility index (Phi) is 12.4. The summed E-state index contributed by atoms with van der Waals surface area (Å²) >= 11 is 0. The van der Waals surface area contributed by atoms with E-state index in [0.29, 0.717) is 11.3 Å². The van der Waals surface area contributed by atoms with Crippen molar-refractivity contribution in [3.63, 3.8) is 0 Å². The summed E-state index contributed by atoms with van der Waals surface area (Å²) in [5.41, 5.74) is 2.57. The molecule has 0 aliphatic carbocycles. The lowest BCUT2D eigenvalue weighted by molar-refractivity contribution is -0.142. The van der Waals surface area contributed by atoms with Crippen LogP contribution in [0.1, 0.15) is 72.4 Å². The molecule has 10 nitrogen and oxygen atoms in total. The van der Waals surface area contributed by atoms with Crippen LogP contribution in [0.25, 0.3) is 11.3 Å². The number of nitrogens with zero attached hydrogens (tertiary/aromatic N) is 4. The Morgan fingerprint density at radius 1 is 1.14 bits per heavy atom. The maximum Gasteiger partial charge on any atom is 0.243 e. The van der Waals surface area contributed by atoms with Gasteiger partial charge < -0.3 is 30.1 Å². The number of nitrogens with one attached hydrogen (secondary N) is 1. The Balaban J connectivity index is 0.00000237. The third-order valence-corrected chi connectivity index (χ3v) is 8.41. The van der Waals surface area contributed by atoms with Gasteiger partial charge in [-0.2, -0.15) is 5.10 Å². The summed E-state index contributed by atoms with van der Waals surface area (Å²) in [7, 11) is 2.10. The summed E-state index contributed by atoms with van der Waals surface area (Å²) in [6, 6.07) is 6.23. The predicted molar refractivity (Wildman–Crippen MR) is 164 cm³/mol. The van der Waals surface area contributed by atoms with Crippen LogP contribution in [0.3, 0.4) is 0 Å². The summed E-state index contributed by atoms with van der Waals surface area (Å²) in [6.07, 6.45) is 2.95. The van der Waals surface area contributed by atoms with Crippen LogP contribution in [0, 0.1) is 11.8 Å². The van der Waals surface area contributed by atoms with Gasteiger partial charge in [-0.3, -0.25) is 14.3 Å². The molecule has 10 heteroatoms. The molecule has 2 aliphatic rings. The molecule has 0 radical (unpaired) electrons. The van der Waals surface area contributed by atoms with Gasteiger partial charge >= 0.3 is 0 Å². The second kappa shape index (κ2) is 15.5. The van der Waals surface area contributed by atoms with Crippen LogP contribution in [0.5, 0.6) is 5.75 Å². The molecule has 2 aliphatic heterocycles. The van der Waals surface area contributed by atoms with Gasteiger partial charge in [0.05, 0.1) is 24.4 Å². The molecule has 0 saturated carbocycles. The smallest absolute Gasteiger partial charge is 0.243 e. The first-order valence-corrected chi connectivity index (χ1v) is 15.5. The average molecular weight is 586 g/mol. The molecule has 234 valence electrons. The Morgan fingerprint density at radius 2 is 1.83 bits per heavy atom. The Bertz CT molecular complexity index is 1160. The number of aliphatic hydroxyl groups is 2. The van der Waals surface area contributed by atoms with E-state index in [4.69, 9.17) is 4.74 Å². The number of β-amino-alcohol motifs (C(OH)–C–C–N with tert-alkyl or cyclic N) is 1. The number of aryl methyl sites for hydroxylation is 1. The van der Waals surface area contributed by atoms with Crippen LogP contribution in [0.4, 0.5) is 0 Å². The van der Waals surface area contributed by atoms with Gasteiger partial charge in [-0.05, 0) is 44.9 Å². The highest BCUT2D eigenvalue weighted by molar-refractivity contribution is 5.89. The molecule has 1 aromatic heterocycles. The number of benzene rings is 1. The highest BCUT2D eigenvalue weighted by Gasteiger charge is 2.41. The highest BCUT2D eigenvalue weighted by atomic mass is 16.5. The summed E-state index contributed by atoms with van der Waals surface area (Å²) < 4.78 is 8.46. The number of piperidine rings is 1. The third kappa shape index (κ3) is 7.90. The van der Waals surface area contributed by atoms with E-state index in [9.17, 15) is 19.8 Å². The van der Waals surface area contributed by atoms with E-state index in [1.807, 2.05) is 70.5 Å². The number of carbonyl (C=O) groups is 2. The number of hydrogen-bond acceptors (Lipinski definition) is 7. The molecule has 3 heterocycles. The minimum absolute atomic E-state index is 0.0203. The van der Waals surface area contributed by atoms with Gasteiger partial charge in [0, 0.05) is 55.8 Å². The summed E-state index contributed by atoms with van der Waals surface area (Å²) in [4.78, 5) is 30.4. The topological polar surface area (TPSA) is 120 Å². The van der Waals surface area contributed by atoms with Crippen LogP contribution in [0.2, 0.25) is 0 Å². The standard InChI is InChI=1S/C30H45N5O5.C2H6/c1-6-35-26(9-12-31-35)21-7-8-24(28(15-21)40-23-10-13-33(5)14-11-23)25(18-36)32-29(38)27-16-22(37)17-34(27)30(39)20(4)19(2)3;1-2/h7-9,12,15,19-20,22-23,25,27,36-37H,6,10-11,13-14,16-18H2,1-5H3,(H,32,38);1-2H3. The van der Waals surface area contributed by atoms with Crippen molar-refractivity contribution < 1.29 is 24.5 Å². The van der Waals surface area contributed by atoms with Gasteiger partial charge in [0.15, 0.2) is 0 Å². The van der Waals surface area contributed by atoms with Crippen LogP contribution in [0.15, 0.2) is 30.5 Å². The molecule has 2 aromatic rings. The van der Waals surface area contributed by atoms with Gasteiger partial charge in [0.25, 0.3) is 0 Å². The normalized spacial score (nSPS) is 21.0. The fraction of sp³-hybridized carbons (Fsp3) is 0.656.